The Kier molecular flexibility index (Phi) is 7.26. The first-order chi connectivity index (χ1) is 16.8. The molecular weight excluding hydrogens is 473 g/mol. The molecule has 4 rings (SSSR count). The maximum atomic E-state index is 15.1. The molecule has 35 heavy (non-hydrogen) atoms. The molecule has 3 atom stereocenters. The number of Topliss-reactive ketones (excluding diaryl/α,β-unsaturated/α-hetero) is 1. The van der Waals surface area contributed by atoms with Crippen molar-refractivity contribution >= 4 is 29.1 Å². The predicted octanol–water partition coefficient (Wildman–Crippen LogP) is 5.63. The largest absolute Gasteiger partial charge is 0.493 e. The van der Waals surface area contributed by atoms with Crippen LogP contribution < -0.4 is 9.47 Å². The van der Waals surface area contributed by atoms with Gasteiger partial charge in [0.1, 0.15) is 11.7 Å². The highest BCUT2D eigenvalue weighted by molar-refractivity contribution is 6.31. The van der Waals surface area contributed by atoms with Crippen LogP contribution in [0.3, 0.4) is 0 Å². The topological polar surface area (TPSA) is 74.2 Å². The number of aliphatic imine (C=N–C) groups is 1. The van der Waals surface area contributed by atoms with Crippen LogP contribution in [0.5, 0.6) is 11.5 Å². The van der Waals surface area contributed by atoms with Crippen LogP contribution in [-0.4, -0.2) is 38.3 Å². The van der Waals surface area contributed by atoms with Gasteiger partial charge in [0.25, 0.3) is 0 Å². The highest BCUT2D eigenvalue weighted by Gasteiger charge is 2.46. The summed E-state index contributed by atoms with van der Waals surface area (Å²) in [6.45, 7) is 3.56. The van der Waals surface area contributed by atoms with Crippen molar-refractivity contribution in [3.8, 4) is 11.5 Å². The lowest BCUT2D eigenvalue weighted by atomic mass is 9.69. The fraction of sp³-hybridized carbons (Fsp3) is 0.370. The van der Waals surface area contributed by atoms with Crippen molar-refractivity contribution < 1.29 is 28.2 Å². The first-order valence-corrected chi connectivity index (χ1v) is 11.8. The van der Waals surface area contributed by atoms with Crippen molar-refractivity contribution in [1.82, 2.24) is 0 Å². The Balaban J connectivity index is 1.82. The number of ether oxygens (including phenoxy) is 3. The van der Waals surface area contributed by atoms with Gasteiger partial charge in [-0.3, -0.25) is 14.6 Å². The van der Waals surface area contributed by atoms with Gasteiger partial charge in [0.2, 0.25) is 0 Å². The lowest BCUT2D eigenvalue weighted by Crippen LogP contribution is -2.38. The van der Waals surface area contributed by atoms with Crippen LogP contribution in [0.4, 0.5) is 4.39 Å². The molecule has 3 unspecified atom stereocenters. The van der Waals surface area contributed by atoms with Gasteiger partial charge < -0.3 is 14.2 Å². The molecule has 0 amide bonds. The SMILES string of the molecule is CCOC(=O)C1C(C)=NC2=C(C(=O)CC(c3ccc(OC)c(OC)c3)C2)C1c1c(F)cccc1Cl. The number of carbonyl (C=O) groups excluding carboxylic acids is 2. The van der Waals surface area contributed by atoms with E-state index in [2.05, 4.69) is 4.99 Å². The second-order valence-corrected chi connectivity index (χ2v) is 9.01. The van der Waals surface area contributed by atoms with Gasteiger partial charge in [0, 0.05) is 39.9 Å². The Morgan fingerprint density at radius 1 is 1.14 bits per heavy atom. The standard InChI is InChI=1S/C27H27ClFNO5/c1-5-35-27(32)23-14(2)30-19-11-16(15-9-10-21(33-3)22(13-15)34-4)12-20(31)25(19)26(23)24-17(28)7-6-8-18(24)29/h6-10,13,16,23,26H,5,11-12H2,1-4H3. The second-order valence-electron chi connectivity index (χ2n) is 8.60. The summed E-state index contributed by atoms with van der Waals surface area (Å²) in [5.74, 6) is -2.17. The van der Waals surface area contributed by atoms with E-state index in [1.807, 2.05) is 12.1 Å². The molecule has 0 bridgehead atoms. The van der Waals surface area contributed by atoms with Gasteiger partial charge in [0.15, 0.2) is 17.3 Å². The number of methoxy groups -OCH3 is 2. The summed E-state index contributed by atoms with van der Waals surface area (Å²) in [5, 5.41) is 0.153. The molecule has 2 aliphatic rings. The summed E-state index contributed by atoms with van der Waals surface area (Å²) in [6.07, 6.45) is 0.632. The number of hydrogen-bond donors (Lipinski definition) is 0. The molecule has 184 valence electrons. The van der Waals surface area contributed by atoms with E-state index < -0.39 is 23.6 Å². The van der Waals surface area contributed by atoms with Crippen LogP contribution in [0.2, 0.25) is 5.02 Å². The Morgan fingerprint density at radius 3 is 2.54 bits per heavy atom. The maximum Gasteiger partial charge on any atom is 0.315 e. The number of benzene rings is 2. The molecule has 6 nitrogen and oxygen atoms in total. The summed E-state index contributed by atoms with van der Waals surface area (Å²) in [5.41, 5.74) is 2.36. The third kappa shape index (κ3) is 4.57. The van der Waals surface area contributed by atoms with Crippen LogP contribution in [0.15, 0.2) is 52.7 Å². The van der Waals surface area contributed by atoms with E-state index in [0.29, 0.717) is 34.9 Å². The van der Waals surface area contributed by atoms with Gasteiger partial charge in [-0.1, -0.05) is 23.7 Å². The van der Waals surface area contributed by atoms with Gasteiger partial charge in [-0.25, -0.2) is 4.39 Å². The molecule has 8 heteroatoms. The number of halogens is 2. The van der Waals surface area contributed by atoms with E-state index in [-0.39, 0.29) is 35.3 Å². The second kappa shape index (κ2) is 10.2. The fourth-order valence-electron chi connectivity index (χ4n) is 5.06. The van der Waals surface area contributed by atoms with E-state index in [1.54, 1.807) is 40.2 Å². The summed E-state index contributed by atoms with van der Waals surface area (Å²) in [4.78, 5) is 31.3. The average molecular weight is 500 g/mol. The van der Waals surface area contributed by atoms with Crippen LogP contribution >= 0.6 is 11.6 Å². The molecule has 2 aromatic carbocycles. The lowest BCUT2D eigenvalue weighted by Gasteiger charge is -2.37. The van der Waals surface area contributed by atoms with Crippen molar-refractivity contribution in [2.75, 3.05) is 20.8 Å². The molecule has 1 heterocycles. The Labute approximate surface area is 208 Å². The molecule has 0 aromatic heterocycles. The summed E-state index contributed by atoms with van der Waals surface area (Å²) >= 11 is 6.43. The van der Waals surface area contributed by atoms with Crippen LogP contribution in [-0.2, 0) is 14.3 Å². The van der Waals surface area contributed by atoms with Gasteiger partial charge in [-0.2, -0.15) is 0 Å². The maximum absolute atomic E-state index is 15.1. The molecule has 0 fully saturated rings. The first kappa shape index (κ1) is 24.9. The minimum Gasteiger partial charge on any atom is -0.493 e. The Hall–Kier alpha value is -3.19. The van der Waals surface area contributed by atoms with Crippen molar-refractivity contribution in [2.24, 2.45) is 10.9 Å². The van der Waals surface area contributed by atoms with E-state index in [1.165, 1.54) is 12.1 Å². The number of allylic oxidation sites excluding steroid dienone is 2. The van der Waals surface area contributed by atoms with Crippen molar-refractivity contribution in [1.29, 1.82) is 0 Å². The zero-order chi connectivity index (χ0) is 25.3. The molecule has 1 aliphatic carbocycles. The number of nitrogens with zero attached hydrogens (tertiary/aromatic N) is 1. The third-order valence-corrected chi connectivity index (χ3v) is 6.95. The van der Waals surface area contributed by atoms with E-state index in [9.17, 15) is 9.59 Å². The number of esters is 1. The zero-order valence-corrected chi connectivity index (χ0v) is 20.8. The van der Waals surface area contributed by atoms with Crippen LogP contribution in [0.25, 0.3) is 0 Å². The molecule has 0 radical (unpaired) electrons. The normalized spacial score (nSPS) is 21.8. The predicted molar refractivity (Wildman–Crippen MR) is 131 cm³/mol. The number of ketones is 1. The highest BCUT2D eigenvalue weighted by atomic mass is 35.5. The Morgan fingerprint density at radius 2 is 1.89 bits per heavy atom. The molecular formula is C27H27ClFNO5. The molecule has 0 N–H and O–H groups in total. The van der Waals surface area contributed by atoms with Crippen LogP contribution in [0, 0.1) is 11.7 Å². The third-order valence-electron chi connectivity index (χ3n) is 6.62. The number of carbonyl (C=O) groups is 2. The zero-order valence-electron chi connectivity index (χ0n) is 20.1. The summed E-state index contributed by atoms with van der Waals surface area (Å²) in [7, 11) is 3.12. The molecule has 0 saturated heterocycles. The molecule has 2 aromatic rings. The minimum absolute atomic E-state index is 0.117. The fourth-order valence-corrected chi connectivity index (χ4v) is 5.34. The minimum atomic E-state index is -0.940. The van der Waals surface area contributed by atoms with Gasteiger partial charge in [-0.05, 0) is 56.0 Å². The summed E-state index contributed by atoms with van der Waals surface area (Å²) in [6, 6.07) is 9.89. The molecule has 1 aliphatic heterocycles. The summed E-state index contributed by atoms with van der Waals surface area (Å²) < 4.78 is 31.2. The quantitative estimate of drug-likeness (QED) is 0.481. The van der Waals surface area contributed by atoms with Crippen molar-refractivity contribution in [3.05, 3.63) is 69.6 Å². The average Bonchev–Trinajstić information content (AvgIpc) is 2.83. The molecule has 0 saturated carbocycles. The van der Waals surface area contributed by atoms with Gasteiger partial charge >= 0.3 is 5.97 Å². The van der Waals surface area contributed by atoms with Crippen LogP contribution in [0.1, 0.15) is 49.7 Å². The number of rotatable bonds is 6. The van der Waals surface area contributed by atoms with E-state index >= 15 is 4.39 Å². The molecule has 0 spiro atoms. The van der Waals surface area contributed by atoms with Crippen molar-refractivity contribution in [3.63, 3.8) is 0 Å². The highest BCUT2D eigenvalue weighted by Crippen LogP contribution is 2.49. The number of hydrogen-bond acceptors (Lipinski definition) is 6. The van der Waals surface area contributed by atoms with Gasteiger partial charge in [0.05, 0.1) is 20.8 Å². The Bertz CT molecular complexity index is 1220. The van der Waals surface area contributed by atoms with E-state index in [4.69, 9.17) is 25.8 Å². The lowest BCUT2D eigenvalue weighted by molar-refractivity contribution is -0.146. The monoisotopic (exact) mass is 499 g/mol. The smallest absolute Gasteiger partial charge is 0.315 e. The van der Waals surface area contributed by atoms with Gasteiger partial charge in [-0.15, -0.1) is 0 Å². The van der Waals surface area contributed by atoms with E-state index in [0.717, 1.165) is 5.56 Å². The first-order valence-electron chi connectivity index (χ1n) is 11.4. The van der Waals surface area contributed by atoms with Crippen molar-refractivity contribution in [2.45, 2.75) is 38.5 Å².